The maximum absolute atomic E-state index is 13.5. The van der Waals surface area contributed by atoms with Crippen molar-refractivity contribution in [3.63, 3.8) is 0 Å². The van der Waals surface area contributed by atoms with E-state index in [1.165, 1.54) is 26.2 Å². The number of amides is 2. The predicted molar refractivity (Wildman–Crippen MR) is 128 cm³/mol. The second-order valence-electron chi connectivity index (χ2n) is 8.89. The fraction of sp³-hybridized carbons (Fsp3) is 0.417. The van der Waals surface area contributed by atoms with Crippen LogP contribution in [0.15, 0.2) is 53.4 Å². The number of anilines is 1. The minimum absolute atomic E-state index is 0.0152. The summed E-state index contributed by atoms with van der Waals surface area (Å²) in [6.07, 6.45) is 4.58. The highest BCUT2D eigenvalue weighted by molar-refractivity contribution is 7.89. The molecule has 1 N–H and O–H groups in total. The maximum Gasteiger partial charge on any atom is 0.254 e. The van der Waals surface area contributed by atoms with Crippen molar-refractivity contribution >= 4 is 39.1 Å². The maximum atomic E-state index is 13.5. The normalized spacial score (nSPS) is 22.8. The van der Waals surface area contributed by atoms with Crippen LogP contribution in [0.25, 0.3) is 0 Å². The highest BCUT2D eigenvalue weighted by atomic mass is 35.5. The molecule has 9 heteroatoms. The second-order valence-corrected chi connectivity index (χ2v) is 11.5. The van der Waals surface area contributed by atoms with E-state index in [0.717, 1.165) is 30.0 Å². The third-order valence-electron chi connectivity index (χ3n) is 6.58. The van der Waals surface area contributed by atoms with E-state index in [1.54, 1.807) is 41.3 Å². The SMILES string of the molecule is CN(C)S(=O)(=O)c1cccc(NC(=O)C2CC3CCCCC3N2C(=O)c2cccc(Cl)c2)c1. The van der Waals surface area contributed by atoms with Gasteiger partial charge in [-0.05, 0) is 61.6 Å². The smallest absolute Gasteiger partial charge is 0.254 e. The van der Waals surface area contributed by atoms with Crippen LogP contribution in [0.5, 0.6) is 0 Å². The van der Waals surface area contributed by atoms with E-state index in [0.29, 0.717) is 22.7 Å². The quantitative estimate of drug-likeness (QED) is 0.687. The van der Waals surface area contributed by atoms with Crippen LogP contribution < -0.4 is 5.32 Å². The van der Waals surface area contributed by atoms with Gasteiger partial charge in [0.1, 0.15) is 6.04 Å². The molecule has 2 aliphatic rings. The second kappa shape index (κ2) is 9.44. The number of fused-ring (bicyclic) bond motifs is 1. The minimum Gasteiger partial charge on any atom is -0.324 e. The number of likely N-dealkylation sites (tertiary alicyclic amines) is 1. The molecule has 3 unspecified atom stereocenters. The van der Waals surface area contributed by atoms with Crippen molar-refractivity contribution in [2.45, 2.75) is 49.1 Å². The first kappa shape index (κ1) is 23.7. The zero-order valence-electron chi connectivity index (χ0n) is 18.7. The largest absolute Gasteiger partial charge is 0.324 e. The molecule has 0 spiro atoms. The van der Waals surface area contributed by atoms with E-state index in [1.807, 2.05) is 0 Å². The molecule has 0 aromatic heterocycles. The van der Waals surface area contributed by atoms with Crippen LogP contribution in [-0.2, 0) is 14.8 Å². The Bertz CT molecular complexity index is 1170. The lowest BCUT2D eigenvalue weighted by Gasteiger charge is -2.33. The molecule has 1 aliphatic carbocycles. The highest BCUT2D eigenvalue weighted by Crippen LogP contribution is 2.41. The molecule has 1 saturated heterocycles. The molecule has 1 heterocycles. The number of nitrogens with zero attached hydrogens (tertiary/aromatic N) is 2. The summed E-state index contributed by atoms with van der Waals surface area (Å²) in [5, 5.41) is 3.32. The van der Waals surface area contributed by atoms with E-state index >= 15 is 0 Å². The van der Waals surface area contributed by atoms with Crippen molar-refractivity contribution in [3.8, 4) is 0 Å². The molecular formula is C24H28ClN3O4S. The Hall–Kier alpha value is -2.42. The van der Waals surface area contributed by atoms with Gasteiger partial charge in [0.05, 0.1) is 4.90 Å². The number of nitrogens with one attached hydrogen (secondary N) is 1. The van der Waals surface area contributed by atoms with Crippen molar-refractivity contribution in [3.05, 3.63) is 59.1 Å². The first-order valence-electron chi connectivity index (χ1n) is 11.1. The Morgan fingerprint density at radius 2 is 1.79 bits per heavy atom. The molecule has 2 amide bonds. The summed E-state index contributed by atoms with van der Waals surface area (Å²) < 4.78 is 26.1. The molecule has 0 radical (unpaired) electrons. The molecular weight excluding hydrogens is 462 g/mol. The van der Waals surface area contributed by atoms with Crippen LogP contribution in [0.1, 0.15) is 42.5 Å². The van der Waals surface area contributed by atoms with Gasteiger partial charge in [-0.25, -0.2) is 12.7 Å². The summed E-state index contributed by atoms with van der Waals surface area (Å²) in [6, 6.07) is 12.4. The van der Waals surface area contributed by atoms with Crippen LogP contribution in [0.4, 0.5) is 5.69 Å². The van der Waals surface area contributed by atoms with Crippen molar-refractivity contribution in [1.82, 2.24) is 9.21 Å². The molecule has 33 heavy (non-hydrogen) atoms. The first-order chi connectivity index (χ1) is 15.7. The van der Waals surface area contributed by atoms with Crippen LogP contribution >= 0.6 is 11.6 Å². The zero-order valence-corrected chi connectivity index (χ0v) is 20.3. The van der Waals surface area contributed by atoms with E-state index < -0.39 is 16.1 Å². The van der Waals surface area contributed by atoms with E-state index in [-0.39, 0.29) is 28.7 Å². The van der Waals surface area contributed by atoms with Crippen LogP contribution in [0.2, 0.25) is 5.02 Å². The van der Waals surface area contributed by atoms with Crippen LogP contribution in [0, 0.1) is 5.92 Å². The number of carbonyl (C=O) groups is 2. The number of benzene rings is 2. The number of sulfonamides is 1. The standard InChI is InChI=1S/C24H28ClN3O4S/c1-27(2)33(31,32)20-11-6-10-19(15-20)26-23(29)22-14-16-7-3-4-12-21(16)28(22)24(30)17-8-5-9-18(25)13-17/h5-6,8-11,13,15-16,21-22H,3-4,7,12,14H2,1-2H3,(H,26,29). The van der Waals surface area contributed by atoms with Crippen molar-refractivity contribution < 1.29 is 18.0 Å². The lowest BCUT2D eigenvalue weighted by atomic mass is 9.84. The fourth-order valence-electron chi connectivity index (χ4n) is 4.93. The third-order valence-corrected chi connectivity index (χ3v) is 8.62. The number of rotatable bonds is 5. The molecule has 176 valence electrons. The Kier molecular flexibility index (Phi) is 6.79. The zero-order chi connectivity index (χ0) is 23.8. The fourth-order valence-corrected chi connectivity index (χ4v) is 6.07. The van der Waals surface area contributed by atoms with E-state index in [4.69, 9.17) is 11.6 Å². The molecule has 2 aromatic rings. The Morgan fingerprint density at radius 3 is 2.52 bits per heavy atom. The van der Waals surface area contributed by atoms with Gasteiger partial charge in [-0.15, -0.1) is 0 Å². The summed E-state index contributed by atoms with van der Waals surface area (Å²) >= 11 is 6.11. The van der Waals surface area contributed by atoms with Gasteiger partial charge >= 0.3 is 0 Å². The van der Waals surface area contributed by atoms with Gasteiger partial charge in [-0.2, -0.15) is 0 Å². The Labute approximate surface area is 199 Å². The lowest BCUT2D eigenvalue weighted by Crippen LogP contribution is -2.47. The lowest BCUT2D eigenvalue weighted by molar-refractivity contribution is -0.120. The number of carbonyl (C=O) groups excluding carboxylic acids is 2. The Balaban J connectivity index is 1.61. The van der Waals surface area contributed by atoms with Crippen molar-refractivity contribution in [1.29, 1.82) is 0 Å². The summed E-state index contributed by atoms with van der Waals surface area (Å²) in [7, 11) is -0.714. The van der Waals surface area contributed by atoms with E-state index in [2.05, 4.69) is 5.32 Å². The van der Waals surface area contributed by atoms with Crippen molar-refractivity contribution in [2.24, 2.45) is 5.92 Å². The topological polar surface area (TPSA) is 86.8 Å². The summed E-state index contributed by atoms with van der Waals surface area (Å²) in [5.74, 6) is -0.228. The molecule has 2 fully saturated rings. The van der Waals surface area contributed by atoms with E-state index in [9.17, 15) is 18.0 Å². The van der Waals surface area contributed by atoms with Gasteiger partial charge in [-0.1, -0.05) is 36.6 Å². The summed E-state index contributed by atoms with van der Waals surface area (Å²) in [5.41, 5.74) is 0.846. The van der Waals surface area contributed by atoms with Gasteiger partial charge in [0, 0.05) is 36.4 Å². The number of halogens is 1. The number of hydrogen-bond acceptors (Lipinski definition) is 4. The van der Waals surface area contributed by atoms with Gasteiger partial charge in [-0.3, -0.25) is 9.59 Å². The molecule has 1 saturated carbocycles. The van der Waals surface area contributed by atoms with Crippen LogP contribution in [-0.4, -0.2) is 55.6 Å². The first-order valence-corrected chi connectivity index (χ1v) is 12.9. The number of hydrogen-bond donors (Lipinski definition) is 1. The summed E-state index contributed by atoms with van der Waals surface area (Å²) in [4.78, 5) is 28.7. The minimum atomic E-state index is -3.63. The average molecular weight is 490 g/mol. The molecule has 7 nitrogen and oxygen atoms in total. The van der Waals surface area contributed by atoms with Gasteiger partial charge in [0.15, 0.2) is 0 Å². The molecule has 4 rings (SSSR count). The Morgan fingerprint density at radius 1 is 1.06 bits per heavy atom. The monoisotopic (exact) mass is 489 g/mol. The van der Waals surface area contributed by atoms with Gasteiger partial charge < -0.3 is 10.2 Å². The molecule has 2 aromatic carbocycles. The molecule has 1 aliphatic heterocycles. The predicted octanol–water partition coefficient (Wildman–Crippen LogP) is 4.00. The summed E-state index contributed by atoms with van der Waals surface area (Å²) in [6.45, 7) is 0. The average Bonchev–Trinajstić information content (AvgIpc) is 3.18. The third kappa shape index (κ3) is 4.78. The molecule has 0 bridgehead atoms. The van der Waals surface area contributed by atoms with Gasteiger partial charge in [0.25, 0.3) is 5.91 Å². The van der Waals surface area contributed by atoms with Gasteiger partial charge in [0.2, 0.25) is 15.9 Å². The van der Waals surface area contributed by atoms with Crippen LogP contribution in [0.3, 0.4) is 0 Å². The highest BCUT2D eigenvalue weighted by Gasteiger charge is 2.47. The van der Waals surface area contributed by atoms with Crippen molar-refractivity contribution in [2.75, 3.05) is 19.4 Å². The molecule has 3 atom stereocenters.